The number of halogens is 3. The van der Waals surface area contributed by atoms with Gasteiger partial charge in [-0.15, -0.1) is 0 Å². The highest BCUT2D eigenvalue weighted by Crippen LogP contribution is 2.36. The molecule has 2 amide bonds. The molecular weight excluding hydrogens is 389 g/mol. The molecular formula is C20H21F3N2O2S. The molecule has 28 heavy (non-hydrogen) atoms. The van der Waals surface area contributed by atoms with Crippen LogP contribution in [0.25, 0.3) is 0 Å². The topological polar surface area (TPSA) is 40.6 Å². The Kier molecular flexibility index (Phi) is 5.27. The van der Waals surface area contributed by atoms with Crippen LogP contribution in [-0.4, -0.2) is 47.3 Å². The van der Waals surface area contributed by atoms with Crippen molar-refractivity contribution in [1.82, 2.24) is 9.80 Å². The summed E-state index contributed by atoms with van der Waals surface area (Å²) in [6.07, 6.45) is -4.31. The van der Waals surface area contributed by atoms with Crippen LogP contribution in [0, 0.1) is 0 Å². The smallest absolute Gasteiger partial charge is 0.331 e. The van der Waals surface area contributed by atoms with Gasteiger partial charge in [-0.3, -0.25) is 9.59 Å². The first-order valence-corrected chi connectivity index (χ1v) is 9.71. The molecule has 0 saturated carbocycles. The maximum absolute atomic E-state index is 13.2. The Balaban J connectivity index is 1.88. The molecule has 3 rings (SSSR count). The molecule has 150 valence electrons. The van der Waals surface area contributed by atoms with Crippen molar-refractivity contribution < 1.29 is 22.8 Å². The highest BCUT2D eigenvalue weighted by molar-refractivity contribution is 7.08. The van der Waals surface area contributed by atoms with E-state index in [4.69, 9.17) is 0 Å². The van der Waals surface area contributed by atoms with E-state index in [0.717, 1.165) is 22.3 Å². The van der Waals surface area contributed by atoms with Crippen molar-refractivity contribution in [2.24, 2.45) is 0 Å². The molecule has 4 nitrogen and oxygen atoms in total. The summed E-state index contributed by atoms with van der Waals surface area (Å²) in [5.41, 5.74) is -0.894. The molecule has 2 atom stereocenters. The van der Waals surface area contributed by atoms with Crippen molar-refractivity contribution in [2.75, 3.05) is 14.1 Å². The fourth-order valence-corrected chi connectivity index (χ4v) is 4.52. The van der Waals surface area contributed by atoms with Gasteiger partial charge in [-0.2, -0.15) is 24.5 Å². The molecule has 2 aromatic rings. The van der Waals surface area contributed by atoms with E-state index in [-0.39, 0.29) is 23.8 Å². The lowest BCUT2D eigenvalue weighted by Crippen LogP contribution is -2.69. The summed E-state index contributed by atoms with van der Waals surface area (Å²) in [5.74, 6) is -0.646. The van der Waals surface area contributed by atoms with E-state index in [2.05, 4.69) is 0 Å². The van der Waals surface area contributed by atoms with Crippen LogP contribution in [0.2, 0.25) is 0 Å². The number of benzene rings is 1. The van der Waals surface area contributed by atoms with Gasteiger partial charge in [0.05, 0.1) is 5.56 Å². The predicted octanol–water partition coefficient (Wildman–Crippen LogP) is 3.61. The summed E-state index contributed by atoms with van der Waals surface area (Å²) in [5, 5.41) is 2.43. The second-order valence-corrected chi connectivity index (χ2v) is 8.02. The van der Waals surface area contributed by atoms with E-state index in [0.29, 0.717) is 6.42 Å². The molecule has 1 fully saturated rings. The summed E-state index contributed by atoms with van der Waals surface area (Å²) < 4.78 is 39.5. The van der Waals surface area contributed by atoms with Crippen molar-refractivity contribution in [2.45, 2.75) is 37.5 Å². The van der Waals surface area contributed by atoms with Crippen molar-refractivity contribution >= 4 is 23.2 Å². The number of nitrogens with zero attached hydrogens (tertiary/aromatic N) is 2. The second kappa shape index (κ2) is 7.24. The molecule has 0 aliphatic carbocycles. The van der Waals surface area contributed by atoms with E-state index < -0.39 is 23.3 Å². The predicted molar refractivity (Wildman–Crippen MR) is 101 cm³/mol. The molecule has 1 aromatic carbocycles. The lowest BCUT2D eigenvalue weighted by atomic mass is 9.85. The van der Waals surface area contributed by atoms with Gasteiger partial charge in [0.25, 0.3) is 0 Å². The summed E-state index contributed by atoms with van der Waals surface area (Å²) >= 11 is 0.939. The number of hydrogen-bond acceptors (Lipinski definition) is 3. The third-order valence-corrected chi connectivity index (χ3v) is 6.25. The summed E-state index contributed by atoms with van der Waals surface area (Å²) in [6.45, 7) is 1.69. The zero-order chi connectivity index (χ0) is 20.7. The third kappa shape index (κ3) is 3.53. The van der Waals surface area contributed by atoms with Crippen LogP contribution in [0.4, 0.5) is 13.2 Å². The van der Waals surface area contributed by atoms with Gasteiger partial charge in [0.1, 0.15) is 11.6 Å². The summed E-state index contributed by atoms with van der Waals surface area (Å²) in [6, 6.07) is 8.38. The molecule has 0 radical (unpaired) electrons. The van der Waals surface area contributed by atoms with E-state index in [1.165, 1.54) is 22.2 Å². The molecule has 1 aliphatic rings. The molecule has 1 aromatic heterocycles. The van der Waals surface area contributed by atoms with Crippen LogP contribution in [0.5, 0.6) is 0 Å². The maximum Gasteiger partial charge on any atom is 0.417 e. The number of piperazine rings is 1. The van der Waals surface area contributed by atoms with Crippen LogP contribution < -0.4 is 0 Å². The Morgan fingerprint density at radius 3 is 2.36 bits per heavy atom. The van der Waals surface area contributed by atoms with Gasteiger partial charge in [-0.05, 0) is 23.4 Å². The van der Waals surface area contributed by atoms with Gasteiger partial charge in [0.2, 0.25) is 11.8 Å². The zero-order valence-electron chi connectivity index (χ0n) is 15.8. The SMILES string of the molecule is CN1C(=O)[C@@](C)(Cc2ccccc2)N(C)C(=O)[C@H]1Cc1cscc1C(F)(F)F. The second-order valence-electron chi connectivity index (χ2n) is 7.28. The van der Waals surface area contributed by atoms with E-state index >= 15 is 0 Å². The molecule has 2 heterocycles. The van der Waals surface area contributed by atoms with Crippen molar-refractivity contribution in [3.63, 3.8) is 0 Å². The zero-order valence-corrected chi connectivity index (χ0v) is 16.6. The van der Waals surface area contributed by atoms with Crippen LogP contribution >= 0.6 is 11.3 Å². The standard InChI is InChI=1S/C20H21F3N2O2S/c1-19(10-13-7-5-4-6-8-13)18(27)24(2)16(17(26)25(19)3)9-14-11-28-12-15(14)20(21,22)23/h4-8,11-12,16H,9-10H2,1-3H3/t16-,19-/m1/s1. The van der Waals surface area contributed by atoms with E-state index in [9.17, 15) is 22.8 Å². The van der Waals surface area contributed by atoms with Gasteiger partial charge >= 0.3 is 6.18 Å². The first-order valence-electron chi connectivity index (χ1n) is 8.77. The van der Waals surface area contributed by atoms with E-state index in [1.807, 2.05) is 30.3 Å². The van der Waals surface area contributed by atoms with Gasteiger partial charge in [0, 0.05) is 32.3 Å². The minimum atomic E-state index is -4.48. The Labute approximate surface area is 165 Å². The average molecular weight is 410 g/mol. The number of rotatable bonds is 4. The lowest BCUT2D eigenvalue weighted by molar-refractivity contribution is -0.166. The van der Waals surface area contributed by atoms with Crippen LogP contribution in [0.3, 0.4) is 0 Å². The largest absolute Gasteiger partial charge is 0.417 e. The van der Waals surface area contributed by atoms with E-state index in [1.54, 1.807) is 14.0 Å². The highest BCUT2D eigenvalue weighted by atomic mass is 32.1. The monoisotopic (exact) mass is 410 g/mol. The van der Waals surface area contributed by atoms with Crippen LogP contribution in [0.15, 0.2) is 41.1 Å². The van der Waals surface area contributed by atoms with Gasteiger partial charge in [0.15, 0.2) is 0 Å². The number of carbonyl (C=O) groups excluding carboxylic acids is 2. The highest BCUT2D eigenvalue weighted by Gasteiger charge is 2.51. The number of hydrogen-bond donors (Lipinski definition) is 0. The fourth-order valence-electron chi connectivity index (χ4n) is 3.65. The normalized spacial score (nSPS) is 23.4. The van der Waals surface area contributed by atoms with Gasteiger partial charge in [-0.1, -0.05) is 30.3 Å². The Bertz CT molecular complexity index is 881. The molecule has 0 spiro atoms. The fraction of sp³-hybridized carbons (Fsp3) is 0.400. The molecule has 0 bridgehead atoms. The van der Waals surface area contributed by atoms with Crippen molar-refractivity contribution in [3.05, 3.63) is 57.8 Å². The minimum absolute atomic E-state index is 0.0376. The van der Waals surface area contributed by atoms with Gasteiger partial charge < -0.3 is 9.80 Å². The Hall–Kier alpha value is -2.35. The molecule has 1 aliphatic heterocycles. The maximum atomic E-state index is 13.2. The number of alkyl halides is 3. The summed E-state index contributed by atoms with van der Waals surface area (Å²) in [7, 11) is 3.03. The number of likely N-dealkylation sites (N-methyl/N-ethyl adjacent to an activating group) is 2. The van der Waals surface area contributed by atoms with Crippen molar-refractivity contribution in [3.8, 4) is 0 Å². The first kappa shape index (κ1) is 20.4. The van der Waals surface area contributed by atoms with Gasteiger partial charge in [-0.25, -0.2) is 0 Å². The lowest BCUT2D eigenvalue weighted by Gasteiger charge is -2.48. The third-order valence-electron chi connectivity index (χ3n) is 5.46. The van der Waals surface area contributed by atoms with Crippen LogP contribution in [0.1, 0.15) is 23.6 Å². The Morgan fingerprint density at radius 2 is 1.75 bits per heavy atom. The molecule has 0 N–H and O–H groups in total. The molecule has 8 heteroatoms. The number of carbonyl (C=O) groups is 2. The quantitative estimate of drug-likeness (QED) is 0.773. The molecule has 1 saturated heterocycles. The van der Waals surface area contributed by atoms with Crippen molar-refractivity contribution in [1.29, 1.82) is 0 Å². The average Bonchev–Trinajstić information content (AvgIpc) is 3.12. The minimum Gasteiger partial charge on any atom is -0.331 e. The number of thiophene rings is 1. The first-order chi connectivity index (χ1) is 13.1. The summed E-state index contributed by atoms with van der Waals surface area (Å²) in [4.78, 5) is 28.8. The number of amides is 2. The van der Waals surface area contributed by atoms with Crippen LogP contribution in [-0.2, 0) is 28.6 Å². The Morgan fingerprint density at radius 1 is 1.11 bits per heavy atom. The molecule has 0 unspecified atom stereocenters.